The molecule has 0 N–H and O–H groups in total. The van der Waals surface area contributed by atoms with Crippen LogP contribution in [-0.2, 0) is 9.53 Å². The number of hydrogen-bond donors (Lipinski definition) is 0. The molecule has 18 heavy (non-hydrogen) atoms. The summed E-state index contributed by atoms with van der Waals surface area (Å²) in [5.41, 5.74) is 1.85. The number of ether oxygens (including phenoxy) is 1. The van der Waals surface area contributed by atoms with Gasteiger partial charge in [0.15, 0.2) is 0 Å². The van der Waals surface area contributed by atoms with Crippen molar-refractivity contribution in [2.45, 2.75) is 12.5 Å². The summed E-state index contributed by atoms with van der Waals surface area (Å²) < 4.78 is 10.3. The van der Waals surface area contributed by atoms with E-state index in [2.05, 4.69) is 0 Å². The van der Waals surface area contributed by atoms with E-state index in [9.17, 15) is 4.79 Å². The van der Waals surface area contributed by atoms with Crippen LogP contribution >= 0.6 is 0 Å². The number of carbonyl (C=O) groups is 1. The van der Waals surface area contributed by atoms with Crippen LogP contribution in [0.2, 0.25) is 0 Å². The van der Waals surface area contributed by atoms with Gasteiger partial charge < -0.3 is 14.1 Å². The molecule has 1 heterocycles. The first-order valence-corrected chi connectivity index (χ1v) is 5.83. The van der Waals surface area contributed by atoms with Crippen LogP contribution in [0.3, 0.4) is 0 Å². The molecule has 1 aromatic heterocycles. The van der Waals surface area contributed by atoms with Gasteiger partial charge in [0.25, 0.3) is 0 Å². The zero-order chi connectivity index (χ0) is 13.1. The third-order valence-electron chi connectivity index (χ3n) is 3.08. The molecule has 2 rings (SSSR count). The molecule has 0 aliphatic heterocycles. The lowest BCUT2D eigenvalue weighted by Gasteiger charge is -2.22. The van der Waals surface area contributed by atoms with Gasteiger partial charge in [-0.1, -0.05) is 18.2 Å². The molecule has 0 aliphatic carbocycles. The third kappa shape index (κ3) is 2.38. The SMILES string of the molecule is COC(=O)CC(c1coc2ccccc12)N(C)C. The van der Waals surface area contributed by atoms with Crippen LogP contribution in [0, 0.1) is 0 Å². The van der Waals surface area contributed by atoms with Gasteiger partial charge in [-0.05, 0) is 20.2 Å². The molecule has 4 nitrogen and oxygen atoms in total. The smallest absolute Gasteiger partial charge is 0.307 e. The monoisotopic (exact) mass is 247 g/mol. The Kier molecular flexibility index (Phi) is 3.67. The number of furan rings is 1. The average molecular weight is 247 g/mol. The molecule has 0 fully saturated rings. The molecule has 0 saturated carbocycles. The Bertz CT molecular complexity index is 545. The normalized spacial score (nSPS) is 12.9. The van der Waals surface area contributed by atoms with E-state index in [0.29, 0.717) is 6.42 Å². The summed E-state index contributed by atoms with van der Waals surface area (Å²) in [4.78, 5) is 13.5. The summed E-state index contributed by atoms with van der Waals surface area (Å²) in [6.07, 6.45) is 2.03. The van der Waals surface area contributed by atoms with Crippen LogP contribution < -0.4 is 0 Å². The summed E-state index contributed by atoms with van der Waals surface area (Å²) in [7, 11) is 5.29. The second kappa shape index (κ2) is 5.23. The largest absolute Gasteiger partial charge is 0.469 e. The zero-order valence-electron chi connectivity index (χ0n) is 10.8. The standard InChI is InChI=1S/C14H17NO3/c1-15(2)12(8-14(16)17-3)11-9-18-13-7-5-4-6-10(11)13/h4-7,9,12H,8H2,1-3H3. The van der Waals surface area contributed by atoms with E-state index in [1.54, 1.807) is 6.26 Å². The second-order valence-corrected chi connectivity index (χ2v) is 4.45. The molecule has 2 aromatic rings. The van der Waals surface area contributed by atoms with Crippen molar-refractivity contribution in [2.75, 3.05) is 21.2 Å². The first kappa shape index (κ1) is 12.6. The van der Waals surface area contributed by atoms with Crippen molar-refractivity contribution in [1.29, 1.82) is 0 Å². The number of esters is 1. The molecular weight excluding hydrogens is 230 g/mol. The highest BCUT2D eigenvalue weighted by Gasteiger charge is 2.22. The Labute approximate surface area is 106 Å². The van der Waals surface area contributed by atoms with E-state index < -0.39 is 0 Å². The molecule has 1 atom stereocenters. The Balaban J connectivity index is 2.39. The fraction of sp³-hybridized carbons (Fsp3) is 0.357. The number of fused-ring (bicyclic) bond motifs is 1. The molecule has 1 unspecified atom stereocenters. The van der Waals surface area contributed by atoms with Crippen molar-refractivity contribution in [3.05, 3.63) is 36.1 Å². The van der Waals surface area contributed by atoms with Gasteiger partial charge in [-0.15, -0.1) is 0 Å². The minimum absolute atomic E-state index is 0.0406. The minimum Gasteiger partial charge on any atom is -0.469 e. The number of benzene rings is 1. The molecule has 0 bridgehead atoms. The summed E-state index contributed by atoms with van der Waals surface area (Å²) in [5, 5.41) is 1.04. The van der Waals surface area contributed by atoms with Crippen LogP contribution in [0.15, 0.2) is 34.9 Å². The van der Waals surface area contributed by atoms with Crippen molar-refractivity contribution in [2.24, 2.45) is 0 Å². The lowest BCUT2D eigenvalue weighted by molar-refractivity contribution is -0.141. The number of nitrogens with zero attached hydrogens (tertiary/aromatic N) is 1. The van der Waals surface area contributed by atoms with Gasteiger partial charge in [0.2, 0.25) is 0 Å². The second-order valence-electron chi connectivity index (χ2n) is 4.45. The maximum Gasteiger partial charge on any atom is 0.307 e. The number of hydrogen-bond acceptors (Lipinski definition) is 4. The number of rotatable bonds is 4. The predicted molar refractivity (Wildman–Crippen MR) is 69.3 cm³/mol. The fourth-order valence-electron chi connectivity index (χ4n) is 2.07. The Morgan fingerprint density at radius 2 is 2.11 bits per heavy atom. The van der Waals surface area contributed by atoms with Crippen LogP contribution in [0.1, 0.15) is 18.0 Å². The first-order chi connectivity index (χ1) is 8.63. The van der Waals surface area contributed by atoms with Gasteiger partial charge in [0.1, 0.15) is 5.58 Å². The summed E-state index contributed by atoms with van der Waals surface area (Å²) in [6, 6.07) is 7.78. The van der Waals surface area contributed by atoms with Crippen molar-refractivity contribution in [3.8, 4) is 0 Å². The molecule has 96 valence electrons. The Hall–Kier alpha value is -1.81. The van der Waals surface area contributed by atoms with Crippen molar-refractivity contribution in [3.63, 3.8) is 0 Å². The van der Waals surface area contributed by atoms with Gasteiger partial charge in [-0.2, -0.15) is 0 Å². The number of carbonyl (C=O) groups excluding carboxylic acids is 1. The third-order valence-corrected chi connectivity index (χ3v) is 3.08. The maximum atomic E-state index is 11.5. The molecule has 0 spiro atoms. The van der Waals surface area contributed by atoms with Gasteiger partial charge in [-0.25, -0.2) is 0 Å². The molecule has 0 aliphatic rings. The maximum absolute atomic E-state index is 11.5. The van der Waals surface area contributed by atoms with Gasteiger partial charge in [-0.3, -0.25) is 4.79 Å². The van der Waals surface area contributed by atoms with Gasteiger partial charge in [0.05, 0.1) is 19.8 Å². The van der Waals surface area contributed by atoms with E-state index in [1.165, 1.54) is 7.11 Å². The van der Waals surface area contributed by atoms with Gasteiger partial charge in [0, 0.05) is 17.0 Å². The fourth-order valence-corrected chi connectivity index (χ4v) is 2.07. The summed E-state index contributed by atoms with van der Waals surface area (Å²) in [6.45, 7) is 0. The predicted octanol–water partition coefficient (Wildman–Crippen LogP) is 2.60. The zero-order valence-corrected chi connectivity index (χ0v) is 10.8. The molecule has 0 radical (unpaired) electrons. The highest BCUT2D eigenvalue weighted by molar-refractivity contribution is 5.82. The van der Waals surface area contributed by atoms with Crippen LogP contribution in [-0.4, -0.2) is 32.1 Å². The van der Waals surface area contributed by atoms with Gasteiger partial charge >= 0.3 is 5.97 Å². The number of methoxy groups -OCH3 is 1. The summed E-state index contributed by atoms with van der Waals surface area (Å²) in [5.74, 6) is -0.223. The number of para-hydroxylation sites is 1. The quantitative estimate of drug-likeness (QED) is 0.779. The van der Waals surface area contributed by atoms with Crippen molar-refractivity contribution in [1.82, 2.24) is 4.90 Å². The molecular formula is C14H17NO3. The molecule has 4 heteroatoms. The van der Waals surface area contributed by atoms with E-state index in [0.717, 1.165) is 16.5 Å². The summed E-state index contributed by atoms with van der Waals surface area (Å²) >= 11 is 0. The van der Waals surface area contributed by atoms with E-state index >= 15 is 0 Å². The van der Waals surface area contributed by atoms with Crippen LogP contribution in [0.25, 0.3) is 11.0 Å². The minimum atomic E-state index is -0.223. The average Bonchev–Trinajstić information content (AvgIpc) is 2.79. The van der Waals surface area contributed by atoms with E-state index in [1.807, 2.05) is 43.3 Å². The van der Waals surface area contributed by atoms with Crippen molar-refractivity contribution >= 4 is 16.9 Å². The topological polar surface area (TPSA) is 42.7 Å². The lowest BCUT2D eigenvalue weighted by atomic mass is 10.0. The Morgan fingerprint density at radius 3 is 2.78 bits per heavy atom. The molecule has 1 aromatic carbocycles. The lowest BCUT2D eigenvalue weighted by Crippen LogP contribution is -2.23. The van der Waals surface area contributed by atoms with Crippen LogP contribution in [0.5, 0.6) is 0 Å². The molecule has 0 saturated heterocycles. The van der Waals surface area contributed by atoms with E-state index in [-0.39, 0.29) is 12.0 Å². The van der Waals surface area contributed by atoms with Crippen molar-refractivity contribution < 1.29 is 13.9 Å². The first-order valence-electron chi connectivity index (χ1n) is 5.83. The van der Waals surface area contributed by atoms with E-state index in [4.69, 9.17) is 9.15 Å². The van der Waals surface area contributed by atoms with Crippen LogP contribution in [0.4, 0.5) is 0 Å². The highest BCUT2D eigenvalue weighted by Crippen LogP contribution is 2.31. The molecule has 0 amide bonds. The highest BCUT2D eigenvalue weighted by atomic mass is 16.5. The Morgan fingerprint density at radius 1 is 1.39 bits per heavy atom.